The normalized spacial score (nSPS) is 10.6. The van der Waals surface area contributed by atoms with Gasteiger partial charge in [0.05, 0.1) is 21.3 Å². The number of carbonyl (C=O) groups is 1. The standard InChI is InChI=1S/C19H20FNO4/c1-23-16-10-13(11-17(24-2)19(16)25-3)7-8-18(22)21-12-14-5-4-6-15(20)9-14/h4-11H,12H2,1-3H3,(H,21,22)/b8-7+. The predicted molar refractivity (Wildman–Crippen MR) is 93.4 cm³/mol. The fraction of sp³-hybridized carbons (Fsp3) is 0.211. The van der Waals surface area contributed by atoms with E-state index in [2.05, 4.69) is 5.32 Å². The van der Waals surface area contributed by atoms with Crippen LogP contribution in [-0.2, 0) is 11.3 Å². The molecule has 0 saturated heterocycles. The molecule has 25 heavy (non-hydrogen) atoms. The SMILES string of the molecule is COc1cc(/C=C/C(=O)NCc2cccc(F)c2)cc(OC)c1OC. The van der Waals surface area contributed by atoms with E-state index in [-0.39, 0.29) is 18.3 Å². The Balaban J connectivity index is 2.06. The number of benzene rings is 2. The predicted octanol–water partition coefficient (Wildman–Crippen LogP) is 3.18. The summed E-state index contributed by atoms with van der Waals surface area (Å²) in [4.78, 5) is 11.9. The van der Waals surface area contributed by atoms with Crippen LogP contribution in [0.3, 0.4) is 0 Å². The van der Waals surface area contributed by atoms with E-state index in [1.165, 1.54) is 39.5 Å². The van der Waals surface area contributed by atoms with Gasteiger partial charge in [-0.25, -0.2) is 4.39 Å². The summed E-state index contributed by atoms with van der Waals surface area (Å²) in [5.74, 6) is 0.860. The lowest BCUT2D eigenvalue weighted by atomic mass is 10.1. The Labute approximate surface area is 146 Å². The number of ether oxygens (including phenoxy) is 3. The zero-order valence-electron chi connectivity index (χ0n) is 14.3. The summed E-state index contributed by atoms with van der Waals surface area (Å²) in [6, 6.07) is 9.54. The van der Waals surface area contributed by atoms with Crippen molar-refractivity contribution in [2.75, 3.05) is 21.3 Å². The summed E-state index contributed by atoms with van der Waals surface area (Å²) in [7, 11) is 4.57. The highest BCUT2D eigenvalue weighted by Crippen LogP contribution is 2.38. The van der Waals surface area contributed by atoms with Crippen LogP contribution in [0.25, 0.3) is 6.08 Å². The Morgan fingerprint density at radius 1 is 1.08 bits per heavy atom. The fourth-order valence-corrected chi connectivity index (χ4v) is 2.26. The molecule has 6 heteroatoms. The van der Waals surface area contributed by atoms with Crippen molar-refractivity contribution in [3.63, 3.8) is 0 Å². The first-order valence-electron chi connectivity index (χ1n) is 7.57. The molecule has 0 radical (unpaired) electrons. The van der Waals surface area contributed by atoms with E-state index >= 15 is 0 Å². The molecular formula is C19H20FNO4. The monoisotopic (exact) mass is 345 g/mol. The van der Waals surface area contributed by atoms with Crippen LogP contribution in [0.2, 0.25) is 0 Å². The molecule has 0 aliphatic carbocycles. The number of rotatable bonds is 7. The highest BCUT2D eigenvalue weighted by atomic mass is 19.1. The lowest BCUT2D eigenvalue weighted by molar-refractivity contribution is -0.116. The lowest BCUT2D eigenvalue weighted by Gasteiger charge is -2.12. The van der Waals surface area contributed by atoms with E-state index in [9.17, 15) is 9.18 Å². The van der Waals surface area contributed by atoms with Gasteiger partial charge in [0.15, 0.2) is 11.5 Å². The summed E-state index contributed by atoms with van der Waals surface area (Å²) in [5, 5.41) is 2.70. The van der Waals surface area contributed by atoms with Crippen molar-refractivity contribution in [2.45, 2.75) is 6.54 Å². The molecule has 0 saturated carbocycles. The maximum absolute atomic E-state index is 13.1. The fourth-order valence-electron chi connectivity index (χ4n) is 2.26. The minimum atomic E-state index is -0.334. The van der Waals surface area contributed by atoms with E-state index in [1.54, 1.807) is 30.3 Å². The second-order valence-corrected chi connectivity index (χ2v) is 5.14. The van der Waals surface area contributed by atoms with Crippen molar-refractivity contribution in [1.29, 1.82) is 0 Å². The molecule has 0 fully saturated rings. The molecule has 0 heterocycles. The summed E-state index contributed by atoms with van der Waals surface area (Å²) < 4.78 is 28.9. The number of carbonyl (C=O) groups excluding carboxylic acids is 1. The molecule has 5 nitrogen and oxygen atoms in total. The van der Waals surface area contributed by atoms with Gasteiger partial charge in [-0.15, -0.1) is 0 Å². The molecular weight excluding hydrogens is 325 g/mol. The average Bonchev–Trinajstić information content (AvgIpc) is 2.63. The Kier molecular flexibility index (Phi) is 6.39. The number of halogens is 1. The van der Waals surface area contributed by atoms with Gasteiger partial charge in [-0.1, -0.05) is 12.1 Å². The zero-order chi connectivity index (χ0) is 18.2. The van der Waals surface area contributed by atoms with E-state index in [1.807, 2.05) is 0 Å². The van der Waals surface area contributed by atoms with Crippen molar-refractivity contribution < 1.29 is 23.4 Å². The lowest BCUT2D eigenvalue weighted by Crippen LogP contribution is -2.20. The highest BCUT2D eigenvalue weighted by Gasteiger charge is 2.12. The molecule has 0 aliphatic rings. The van der Waals surface area contributed by atoms with Gasteiger partial charge >= 0.3 is 0 Å². The van der Waals surface area contributed by atoms with Gasteiger partial charge < -0.3 is 19.5 Å². The number of methoxy groups -OCH3 is 3. The van der Waals surface area contributed by atoms with Crippen molar-refractivity contribution in [1.82, 2.24) is 5.32 Å². The van der Waals surface area contributed by atoms with Crippen molar-refractivity contribution >= 4 is 12.0 Å². The van der Waals surface area contributed by atoms with Crippen LogP contribution in [0.15, 0.2) is 42.5 Å². The van der Waals surface area contributed by atoms with E-state index in [4.69, 9.17) is 14.2 Å². The first-order chi connectivity index (χ1) is 12.1. The molecule has 1 amide bonds. The minimum absolute atomic E-state index is 0.246. The molecule has 0 atom stereocenters. The van der Waals surface area contributed by atoms with Crippen LogP contribution in [0, 0.1) is 5.82 Å². The van der Waals surface area contributed by atoms with Crippen LogP contribution >= 0.6 is 0 Å². The first kappa shape index (κ1) is 18.3. The third-order valence-corrected chi connectivity index (χ3v) is 3.47. The molecule has 2 aromatic rings. The van der Waals surface area contributed by atoms with E-state index in [0.29, 0.717) is 22.8 Å². The number of hydrogen-bond donors (Lipinski definition) is 1. The van der Waals surface area contributed by atoms with Gasteiger partial charge in [0.25, 0.3) is 0 Å². The molecule has 132 valence electrons. The molecule has 2 aromatic carbocycles. The number of amides is 1. The van der Waals surface area contributed by atoms with Crippen LogP contribution in [0.4, 0.5) is 4.39 Å². The third-order valence-electron chi connectivity index (χ3n) is 3.47. The number of hydrogen-bond acceptors (Lipinski definition) is 4. The summed E-state index contributed by atoms with van der Waals surface area (Å²) in [5.41, 5.74) is 1.41. The zero-order valence-corrected chi connectivity index (χ0v) is 14.3. The van der Waals surface area contributed by atoms with Crippen molar-refractivity contribution in [3.8, 4) is 17.2 Å². The van der Waals surface area contributed by atoms with Gasteiger partial charge in [0.2, 0.25) is 11.7 Å². The molecule has 0 spiro atoms. The summed E-state index contributed by atoms with van der Waals surface area (Å²) >= 11 is 0. The molecule has 0 unspecified atom stereocenters. The van der Waals surface area contributed by atoms with Gasteiger partial charge in [0, 0.05) is 12.6 Å². The second-order valence-electron chi connectivity index (χ2n) is 5.14. The van der Waals surface area contributed by atoms with Gasteiger partial charge in [0.1, 0.15) is 5.82 Å². The van der Waals surface area contributed by atoms with Gasteiger partial charge in [-0.3, -0.25) is 4.79 Å². The Morgan fingerprint density at radius 3 is 2.32 bits per heavy atom. The maximum atomic E-state index is 13.1. The Morgan fingerprint density at radius 2 is 1.76 bits per heavy atom. The van der Waals surface area contributed by atoms with Gasteiger partial charge in [-0.05, 0) is 41.5 Å². The largest absolute Gasteiger partial charge is 0.493 e. The quantitative estimate of drug-likeness (QED) is 0.783. The molecule has 0 aromatic heterocycles. The van der Waals surface area contributed by atoms with Crippen molar-refractivity contribution in [3.05, 3.63) is 59.4 Å². The minimum Gasteiger partial charge on any atom is -0.493 e. The van der Waals surface area contributed by atoms with E-state index < -0.39 is 0 Å². The Hall–Kier alpha value is -3.02. The second kappa shape index (κ2) is 8.73. The molecule has 1 N–H and O–H groups in total. The summed E-state index contributed by atoms with van der Waals surface area (Å²) in [6.45, 7) is 0.246. The third kappa shape index (κ3) is 4.97. The highest BCUT2D eigenvalue weighted by molar-refractivity contribution is 5.91. The Bertz CT molecular complexity index is 749. The molecule has 2 rings (SSSR count). The smallest absolute Gasteiger partial charge is 0.244 e. The average molecular weight is 345 g/mol. The van der Waals surface area contributed by atoms with Crippen LogP contribution in [-0.4, -0.2) is 27.2 Å². The summed E-state index contributed by atoms with van der Waals surface area (Å²) in [6.07, 6.45) is 3.02. The van der Waals surface area contributed by atoms with Crippen LogP contribution in [0.5, 0.6) is 17.2 Å². The number of nitrogens with one attached hydrogen (secondary N) is 1. The first-order valence-corrected chi connectivity index (χ1v) is 7.57. The topological polar surface area (TPSA) is 56.8 Å². The maximum Gasteiger partial charge on any atom is 0.244 e. The van der Waals surface area contributed by atoms with Crippen LogP contribution < -0.4 is 19.5 Å². The molecule has 0 aliphatic heterocycles. The van der Waals surface area contributed by atoms with Gasteiger partial charge in [-0.2, -0.15) is 0 Å². The van der Waals surface area contributed by atoms with Crippen molar-refractivity contribution in [2.24, 2.45) is 0 Å². The van der Waals surface area contributed by atoms with Crippen LogP contribution in [0.1, 0.15) is 11.1 Å². The molecule has 0 bridgehead atoms. The van der Waals surface area contributed by atoms with E-state index in [0.717, 1.165) is 5.56 Å².